The van der Waals surface area contributed by atoms with E-state index in [-0.39, 0.29) is 5.41 Å². The Morgan fingerprint density at radius 3 is 3.11 bits per heavy atom. The van der Waals surface area contributed by atoms with E-state index in [2.05, 4.69) is 12.2 Å². The Balaban J connectivity index is 2.04. The number of aromatic nitrogens is 1. The van der Waals surface area contributed by atoms with Crippen molar-refractivity contribution < 1.29 is 0 Å². The van der Waals surface area contributed by atoms with Gasteiger partial charge in [0.2, 0.25) is 0 Å². The topological polar surface area (TPSA) is 24.9 Å². The molecule has 0 radical (unpaired) electrons. The lowest BCUT2D eigenvalue weighted by Crippen LogP contribution is -2.43. The van der Waals surface area contributed by atoms with E-state index in [4.69, 9.17) is 16.6 Å². The SMILES string of the molecule is CCCC1(c2nc3ccc(Cl)cc3s2)CCCNC1. The van der Waals surface area contributed by atoms with E-state index in [1.165, 1.54) is 35.4 Å². The molecule has 19 heavy (non-hydrogen) atoms. The Labute approximate surface area is 123 Å². The second-order valence-corrected chi connectivity index (χ2v) is 6.91. The average molecular weight is 295 g/mol. The zero-order valence-corrected chi connectivity index (χ0v) is 12.8. The number of nitrogens with zero attached hydrogens (tertiary/aromatic N) is 1. The molecule has 2 aromatic rings. The molecule has 1 saturated heterocycles. The van der Waals surface area contributed by atoms with Gasteiger partial charge in [-0.05, 0) is 44.0 Å². The van der Waals surface area contributed by atoms with E-state index < -0.39 is 0 Å². The maximum absolute atomic E-state index is 6.08. The standard InChI is InChI=1S/C15H19ClN2S/c1-2-6-15(7-3-8-17-10-15)14-18-12-5-4-11(16)9-13(12)19-14/h4-5,9,17H,2-3,6-8,10H2,1H3. The summed E-state index contributed by atoms with van der Waals surface area (Å²) < 4.78 is 1.21. The van der Waals surface area contributed by atoms with Crippen LogP contribution >= 0.6 is 22.9 Å². The molecule has 1 aliphatic rings. The molecular formula is C15H19ClN2S. The minimum absolute atomic E-state index is 0.239. The van der Waals surface area contributed by atoms with Crippen molar-refractivity contribution in [1.29, 1.82) is 0 Å². The van der Waals surface area contributed by atoms with Gasteiger partial charge in [-0.15, -0.1) is 11.3 Å². The number of halogens is 1. The highest BCUT2D eigenvalue weighted by atomic mass is 35.5. The van der Waals surface area contributed by atoms with Crippen LogP contribution in [0.2, 0.25) is 5.02 Å². The van der Waals surface area contributed by atoms with Crippen molar-refractivity contribution in [2.75, 3.05) is 13.1 Å². The lowest BCUT2D eigenvalue weighted by molar-refractivity contribution is 0.290. The predicted octanol–water partition coefficient (Wildman–Crippen LogP) is 4.37. The molecule has 1 aliphatic heterocycles. The smallest absolute Gasteiger partial charge is 0.101 e. The molecule has 0 aliphatic carbocycles. The van der Waals surface area contributed by atoms with E-state index in [9.17, 15) is 0 Å². The first-order valence-corrected chi connectivity index (χ1v) is 8.20. The van der Waals surface area contributed by atoms with Gasteiger partial charge in [0.15, 0.2) is 0 Å². The van der Waals surface area contributed by atoms with Crippen LogP contribution in [0.4, 0.5) is 0 Å². The summed E-state index contributed by atoms with van der Waals surface area (Å²) in [5, 5.41) is 5.65. The van der Waals surface area contributed by atoms with Crippen LogP contribution in [0.25, 0.3) is 10.2 Å². The molecule has 0 saturated carbocycles. The highest BCUT2D eigenvalue weighted by Crippen LogP contribution is 2.40. The largest absolute Gasteiger partial charge is 0.316 e. The number of nitrogens with one attached hydrogen (secondary N) is 1. The molecule has 1 atom stereocenters. The van der Waals surface area contributed by atoms with Gasteiger partial charge in [0, 0.05) is 17.0 Å². The number of hydrogen-bond acceptors (Lipinski definition) is 3. The quantitative estimate of drug-likeness (QED) is 0.909. The normalized spacial score (nSPS) is 23.9. The molecule has 1 unspecified atom stereocenters. The molecule has 102 valence electrons. The maximum atomic E-state index is 6.08. The number of hydrogen-bond donors (Lipinski definition) is 1. The van der Waals surface area contributed by atoms with Crippen LogP contribution in [0.15, 0.2) is 18.2 Å². The third-order valence-electron chi connectivity index (χ3n) is 4.00. The summed E-state index contributed by atoms with van der Waals surface area (Å²) in [6.45, 7) is 4.47. The molecule has 0 bridgehead atoms. The van der Waals surface area contributed by atoms with Gasteiger partial charge in [-0.3, -0.25) is 0 Å². The van der Waals surface area contributed by atoms with Gasteiger partial charge in [-0.25, -0.2) is 4.98 Å². The molecule has 1 fully saturated rings. The van der Waals surface area contributed by atoms with Crippen LogP contribution in [0, 0.1) is 0 Å². The lowest BCUT2D eigenvalue weighted by atomic mass is 9.77. The second-order valence-electron chi connectivity index (χ2n) is 5.44. The van der Waals surface area contributed by atoms with Crippen LogP contribution in [0.1, 0.15) is 37.6 Å². The number of piperidine rings is 1. The van der Waals surface area contributed by atoms with Crippen LogP contribution in [-0.2, 0) is 5.41 Å². The monoisotopic (exact) mass is 294 g/mol. The van der Waals surface area contributed by atoms with Crippen LogP contribution in [0.3, 0.4) is 0 Å². The summed E-state index contributed by atoms with van der Waals surface area (Å²) in [6.07, 6.45) is 4.92. The van der Waals surface area contributed by atoms with Crippen LogP contribution < -0.4 is 5.32 Å². The fourth-order valence-electron chi connectivity index (χ4n) is 3.07. The summed E-state index contributed by atoms with van der Waals surface area (Å²) in [4.78, 5) is 4.89. The Bertz CT molecular complexity index is 567. The van der Waals surface area contributed by atoms with Crippen molar-refractivity contribution in [2.24, 2.45) is 0 Å². The zero-order chi connectivity index (χ0) is 13.3. The summed E-state index contributed by atoms with van der Waals surface area (Å²) in [5.74, 6) is 0. The van der Waals surface area contributed by atoms with Crippen molar-refractivity contribution in [3.05, 3.63) is 28.2 Å². The predicted molar refractivity (Wildman–Crippen MR) is 83.3 cm³/mol. The number of thiazole rings is 1. The van der Waals surface area contributed by atoms with Crippen LogP contribution in [0.5, 0.6) is 0 Å². The molecule has 1 aromatic heterocycles. The van der Waals surface area contributed by atoms with E-state index in [1.807, 2.05) is 29.5 Å². The third-order valence-corrected chi connectivity index (χ3v) is 5.50. The second kappa shape index (κ2) is 5.39. The molecule has 2 heterocycles. The Kier molecular flexibility index (Phi) is 3.79. The highest BCUT2D eigenvalue weighted by molar-refractivity contribution is 7.18. The molecule has 1 N–H and O–H groups in total. The van der Waals surface area contributed by atoms with Crippen LogP contribution in [-0.4, -0.2) is 18.1 Å². The summed E-state index contributed by atoms with van der Waals surface area (Å²) in [6, 6.07) is 6.00. The number of rotatable bonds is 3. The summed E-state index contributed by atoms with van der Waals surface area (Å²) in [7, 11) is 0. The van der Waals surface area contributed by atoms with Gasteiger partial charge in [0.25, 0.3) is 0 Å². The molecule has 0 amide bonds. The molecule has 4 heteroatoms. The maximum Gasteiger partial charge on any atom is 0.101 e. The molecule has 2 nitrogen and oxygen atoms in total. The molecule has 3 rings (SSSR count). The van der Waals surface area contributed by atoms with Crippen molar-refractivity contribution in [3.8, 4) is 0 Å². The fourth-order valence-corrected chi connectivity index (χ4v) is 4.56. The van der Waals surface area contributed by atoms with Gasteiger partial charge in [-0.1, -0.05) is 24.9 Å². The van der Waals surface area contributed by atoms with Gasteiger partial charge in [0.05, 0.1) is 10.2 Å². The first-order valence-electron chi connectivity index (χ1n) is 7.01. The summed E-state index contributed by atoms with van der Waals surface area (Å²) in [5.41, 5.74) is 1.33. The minimum atomic E-state index is 0.239. The molecule has 1 aromatic carbocycles. The number of benzene rings is 1. The lowest BCUT2D eigenvalue weighted by Gasteiger charge is -2.35. The minimum Gasteiger partial charge on any atom is -0.316 e. The van der Waals surface area contributed by atoms with Crippen molar-refractivity contribution in [2.45, 2.75) is 38.0 Å². The van der Waals surface area contributed by atoms with Gasteiger partial charge in [-0.2, -0.15) is 0 Å². The summed E-state index contributed by atoms with van der Waals surface area (Å²) >= 11 is 7.90. The average Bonchev–Trinajstić information content (AvgIpc) is 2.83. The Morgan fingerprint density at radius 1 is 1.47 bits per heavy atom. The van der Waals surface area contributed by atoms with Gasteiger partial charge < -0.3 is 5.32 Å². The third kappa shape index (κ3) is 2.51. The fraction of sp³-hybridized carbons (Fsp3) is 0.533. The Morgan fingerprint density at radius 2 is 2.37 bits per heavy atom. The molecular weight excluding hydrogens is 276 g/mol. The highest BCUT2D eigenvalue weighted by Gasteiger charge is 2.35. The van der Waals surface area contributed by atoms with Crippen molar-refractivity contribution >= 4 is 33.2 Å². The van der Waals surface area contributed by atoms with Gasteiger partial charge >= 0.3 is 0 Å². The first-order chi connectivity index (χ1) is 9.23. The van der Waals surface area contributed by atoms with Gasteiger partial charge in [0.1, 0.15) is 5.01 Å². The van der Waals surface area contributed by atoms with E-state index in [0.29, 0.717) is 0 Å². The first kappa shape index (κ1) is 13.3. The molecule has 0 spiro atoms. The van der Waals surface area contributed by atoms with Crippen molar-refractivity contribution in [1.82, 2.24) is 10.3 Å². The number of fused-ring (bicyclic) bond motifs is 1. The Hall–Kier alpha value is -0.640. The van der Waals surface area contributed by atoms with E-state index in [1.54, 1.807) is 0 Å². The van der Waals surface area contributed by atoms with E-state index >= 15 is 0 Å². The van der Waals surface area contributed by atoms with Crippen molar-refractivity contribution in [3.63, 3.8) is 0 Å². The van der Waals surface area contributed by atoms with E-state index in [0.717, 1.165) is 23.6 Å². The zero-order valence-electron chi connectivity index (χ0n) is 11.2.